The zero-order valence-electron chi connectivity index (χ0n) is 15.9. The van der Waals surface area contributed by atoms with Gasteiger partial charge in [0.05, 0.1) is 18.5 Å². The number of hydrogen-bond acceptors (Lipinski definition) is 6. The first-order valence-electron chi connectivity index (χ1n) is 9.22. The van der Waals surface area contributed by atoms with Crippen LogP contribution in [0.15, 0.2) is 24.3 Å². The molecular formula is C19H18F3N5O3. The molecule has 0 saturated carbocycles. The summed E-state index contributed by atoms with van der Waals surface area (Å²) in [5.41, 5.74) is 0.499. The van der Waals surface area contributed by atoms with Crippen LogP contribution in [0.3, 0.4) is 0 Å². The number of amides is 1. The number of carbonyl (C=O) groups is 1. The molecule has 2 atom stereocenters. The predicted octanol–water partition coefficient (Wildman–Crippen LogP) is 3.26. The second-order valence-electron chi connectivity index (χ2n) is 7.10. The molecule has 11 heteroatoms. The van der Waals surface area contributed by atoms with Crippen molar-refractivity contribution < 1.29 is 27.4 Å². The van der Waals surface area contributed by atoms with Crippen molar-refractivity contribution in [3.8, 4) is 17.6 Å². The molecule has 1 amide bonds. The average molecular weight is 421 g/mol. The lowest BCUT2D eigenvalue weighted by Crippen LogP contribution is -2.36. The van der Waals surface area contributed by atoms with E-state index in [2.05, 4.69) is 10.4 Å². The Balaban J connectivity index is 1.65. The number of halogens is 3. The molecule has 2 unspecified atom stereocenters. The molecule has 8 nitrogen and oxygen atoms in total. The molecule has 0 saturated heterocycles. The number of anilines is 1. The molecular weight excluding hydrogens is 403 g/mol. The van der Waals surface area contributed by atoms with Gasteiger partial charge < -0.3 is 19.7 Å². The molecule has 158 valence electrons. The van der Waals surface area contributed by atoms with Gasteiger partial charge in [0, 0.05) is 26.1 Å². The van der Waals surface area contributed by atoms with Crippen molar-refractivity contribution in [2.75, 3.05) is 25.7 Å². The number of ether oxygens (including phenoxy) is 2. The summed E-state index contributed by atoms with van der Waals surface area (Å²) in [6.07, 6.45) is -4.73. The van der Waals surface area contributed by atoms with Gasteiger partial charge in [-0.05, 0) is 17.7 Å². The number of rotatable bonds is 4. The van der Waals surface area contributed by atoms with Gasteiger partial charge in [-0.15, -0.1) is 0 Å². The molecule has 0 bridgehead atoms. The van der Waals surface area contributed by atoms with Crippen molar-refractivity contribution in [2.45, 2.75) is 31.1 Å². The maximum atomic E-state index is 13.8. The maximum absolute atomic E-state index is 13.8. The number of nitriles is 1. The average Bonchev–Trinajstić information content (AvgIpc) is 3.35. The highest BCUT2D eigenvalue weighted by atomic mass is 19.4. The minimum absolute atomic E-state index is 0.0691. The van der Waals surface area contributed by atoms with Crippen LogP contribution in [0, 0.1) is 11.3 Å². The van der Waals surface area contributed by atoms with Crippen molar-refractivity contribution in [3.63, 3.8) is 0 Å². The summed E-state index contributed by atoms with van der Waals surface area (Å²) >= 11 is 0. The monoisotopic (exact) mass is 421 g/mol. The largest absolute Gasteiger partial charge is 0.454 e. The third-order valence-corrected chi connectivity index (χ3v) is 5.11. The van der Waals surface area contributed by atoms with E-state index in [1.807, 2.05) is 6.07 Å². The van der Waals surface area contributed by atoms with Crippen LogP contribution >= 0.6 is 0 Å². The Labute approximate surface area is 169 Å². The molecule has 3 heterocycles. The smallest absolute Gasteiger partial charge is 0.410 e. The summed E-state index contributed by atoms with van der Waals surface area (Å²) in [5.74, 6) is 0.574. The van der Waals surface area contributed by atoms with E-state index < -0.39 is 24.2 Å². The summed E-state index contributed by atoms with van der Waals surface area (Å²) in [7, 11) is 1.47. The molecule has 0 spiro atoms. The highest BCUT2D eigenvalue weighted by Crippen LogP contribution is 2.45. The van der Waals surface area contributed by atoms with Crippen LogP contribution in [0.1, 0.15) is 41.0 Å². The molecule has 1 aromatic heterocycles. The molecule has 1 N–H and O–H groups in total. The highest BCUT2D eigenvalue weighted by Gasteiger charge is 2.47. The molecule has 2 aromatic rings. The van der Waals surface area contributed by atoms with Gasteiger partial charge in [-0.25, -0.2) is 4.68 Å². The summed E-state index contributed by atoms with van der Waals surface area (Å²) in [5, 5.41) is 15.6. The lowest BCUT2D eigenvalue weighted by Gasteiger charge is -2.33. The minimum atomic E-state index is -4.55. The van der Waals surface area contributed by atoms with Crippen molar-refractivity contribution in [2.24, 2.45) is 0 Å². The van der Waals surface area contributed by atoms with Crippen molar-refractivity contribution in [1.82, 2.24) is 14.7 Å². The second kappa shape index (κ2) is 7.44. The van der Waals surface area contributed by atoms with Crippen molar-refractivity contribution >= 4 is 11.7 Å². The van der Waals surface area contributed by atoms with Crippen LogP contribution < -0.4 is 14.8 Å². The normalized spacial score (nSPS) is 19.6. The molecule has 2 aliphatic rings. The minimum Gasteiger partial charge on any atom is -0.454 e. The van der Waals surface area contributed by atoms with Gasteiger partial charge in [0.2, 0.25) is 6.79 Å². The Kier molecular flexibility index (Phi) is 4.93. The predicted molar refractivity (Wildman–Crippen MR) is 98.1 cm³/mol. The number of fused-ring (bicyclic) bond motifs is 2. The first kappa shape index (κ1) is 19.9. The molecule has 4 rings (SSSR count). The first-order valence-corrected chi connectivity index (χ1v) is 9.22. The number of carbonyl (C=O) groups excluding carboxylic acids is 1. The Morgan fingerprint density at radius 3 is 2.87 bits per heavy atom. The summed E-state index contributed by atoms with van der Waals surface area (Å²) in [4.78, 5) is 13.8. The fraction of sp³-hybridized carbons (Fsp3) is 0.421. The number of alkyl halides is 3. The van der Waals surface area contributed by atoms with E-state index in [0.717, 1.165) is 4.68 Å². The van der Waals surface area contributed by atoms with Crippen molar-refractivity contribution in [1.29, 1.82) is 5.26 Å². The zero-order chi connectivity index (χ0) is 21.5. The van der Waals surface area contributed by atoms with E-state index in [0.29, 0.717) is 17.1 Å². The Hall–Kier alpha value is -3.42. The van der Waals surface area contributed by atoms with Crippen LogP contribution in [0.4, 0.5) is 19.0 Å². The Morgan fingerprint density at radius 1 is 1.37 bits per heavy atom. The SMILES string of the molecule is CN(CCC#N)C(=O)c1cc2n(n1)C(C(F)(F)F)CC(c1ccc3c(c1)OCO3)N2. The van der Waals surface area contributed by atoms with Crippen LogP contribution in [0.25, 0.3) is 0 Å². The highest BCUT2D eigenvalue weighted by molar-refractivity contribution is 5.93. The lowest BCUT2D eigenvalue weighted by molar-refractivity contribution is -0.173. The van der Waals surface area contributed by atoms with E-state index in [-0.39, 0.29) is 37.7 Å². The van der Waals surface area contributed by atoms with Crippen LogP contribution in [-0.4, -0.2) is 47.1 Å². The number of hydrogen-bond donors (Lipinski definition) is 1. The molecule has 2 aliphatic heterocycles. The zero-order valence-corrected chi connectivity index (χ0v) is 15.9. The Morgan fingerprint density at radius 2 is 2.13 bits per heavy atom. The number of nitrogens with one attached hydrogen (secondary N) is 1. The third kappa shape index (κ3) is 3.60. The van der Waals surface area contributed by atoms with E-state index in [4.69, 9.17) is 14.7 Å². The van der Waals surface area contributed by atoms with E-state index in [1.165, 1.54) is 18.0 Å². The van der Waals surface area contributed by atoms with E-state index in [9.17, 15) is 18.0 Å². The van der Waals surface area contributed by atoms with E-state index in [1.54, 1.807) is 18.2 Å². The lowest BCUT2D eigenvalue weighted by atomic mass is 9.96. The van der Waals surface area contributed by atoms with Gasteiger partial charge in [0.15, 0.2) is 23.2 Å². The molecule has 1 aromatic carbocycles. The summed E-state index contributed by atoms with van der Waals surface area (Å²) < 4.78 is 52.8. The van der Waals surface area contributed by atoms with Crippen LogP contribution in [0.2, 0.25) is 0 Å². The topological polar surface area (TPSA) is 92.4 Å². The standard InChI is InChI=1S/C19H18F3N5O3/c1-26(6-2-5-23)18(28)13-9-17-24-12(8-16(19(20,21)22)27(17)25-13)11-3-4-14-15(7-11)30-10-29-14/h3-4,7,9,12,16,24H,2,6,8,10H2,1H3. The second-order valence-corrected chi connectivity index (χ2v) is 7.10. The molecule has 0 aliphatic carbocycles. The fourth-order valence-electron chi connectivity index (χ4n) is 3.54. The number of benzene rings is 1. The van der Waals surface area contributed by atoms with Crippen LogP contribution in [0.5, 0.6) is 11.5 Å². The molecule has 30 heavy (non-hydrogen) atoms. The summed E-state index contributed by atoms with van der Waals surface area (Å²) in [6.45, 7) is 0.229. The van der Waals surface area contributed by atoms with Crippen LogP contribution in [-0.2, 0) is 0 Å². The van der Waals surface area contributed by atoms with E-state index >= 15 is 0 Å². The van der Waals surface area contributed by atoms with Crippen molar-refractivity contribution in [3.05, 3.63) is 35.5 Å². The van der Waals surface area contributed by atoms with Gasteiger partial charge in [0.1, 0.15) is 5.82 Å². The maximum Gasteiger partial charge on any atom is 0.410 e. The van der Waals surface area contributed by atoms with Gasteiger partial charge in [-0.2, -0.15) is 23.5 Å². The van der Waals surface area contributed by atoms with Gasteiger partial charge in [0.25, 0.3) is 5.91 Å². The third-order valence-electron chi connectivity index (χ3n) is 5.11. The van der Waals surface area contributed by atoms with Gasteiger partial charge in [-0.1, -0.05) is 6.07 Å². The molecule has 0 fully saturated rings. The van der Waals surface area contributed by atoms with Gasteiger partial charge in [-0.3, -0.25) is 4.79 Å². The quantitative estimate of drug-likeness (QED) is 0.815. The fourth-order valence-corrected chi connectivity index (χ4v) is 3.54. The van der Waals surface area contributed by atoms with Gasteiger partial charge >= 0.3 is 6.18 Å². The first-order chi connectivity index (χ1) is 14.3. The number of nitrogens with zero attached hydrogens (tertiary/aromatic N) is 4. The summed E-state index contributed by atoms with van der Waals surface area (Å²) in [6, 6.07) is 5.68. The Bertz CT molecular complexity index is 1010. The molecule has 0 radical (unpaired) electrons. The number of aromatic nitrogens is 2.